The van der Waals surface area contributed by atoms with E-state index in [1.807, 2.05) is 6.07 Å². The van der Waals surface area contributed by atoms with Crippen molar-refractivity contribution >= 4 is 22.2 Å². The van der Waals surface area contributed by atoms with E-state index >= 15 is 0 Å². The third-order valence-electron chi connectivity index (χ3n) is 8.12. The van der Waals surface area contributed by atoms with Gasteiger partial charge in [0, 0.05) is 41.2 Å². The Labute approximate surface area is 212 Å². The van der Waals surface area contributed by atoms with E-state index in [2.05, 4.69) is 44.5 Å². The Balaban J connectivity index is 1.17. The molecule has 7 rings (SSSR count). The van der Waals surface area contributed by atoms with Gasteiger partial charge in [-0.2, -0.15) is 23.4 Å². The lowest BCUT2D eigenvalue weighted by Crippen LogP contribution is -2.42. The Morgan fingerprint density at radius 2 is 1.78 bits per heavy atom. The smallest absolute Gasteiger partial charge is 0.371 e. The van der Waals surface area contributed by atoms with Gasteiger partial charge in [-0.1, -0.05) is 35.5 Å². The standard InChI is InChI=1S/C29H25F3N4O/c30-29(31,32)23-4-2-1-3-22(23)26-25(27(37-35-26)19-5-6-19)20-16-28(17-20)10-13-36(14-11-28)21-8-7-18-9-12-33-34-24(18)15-21/h1-4,7-9,12,15-16,19H,5-6,10-11,13-14,17H2. The van der Waals surface area contributed by atoms with E-state index in [1.165, 1.54) is 12.1 Å². The van der Waals surface area contributed by atoms with Crippen molar-refractivity contribution in [2.24, 2.45) is 5.41 Å². The number of hydrogen-bond donors (Lipinski definition) is 0. The highest BCUT2D eigenvalue weighted by Gasteiger charge is 2.44. The minimum Gasteiger partial charge on any atom is -0.371 e. The predicted molar refractivity (Wildman–Crippen MR) is 135 cm³/mol. The zero-order valence-electron chi connectivity index (χ0n) is 20.1. The molecule has 0 unspecified atom stereocenters. The first kappa shape index (κ1) is 22.5. The van der Waals surface area contributed by atoms with Crippen molar-refractivity contribution in [3.63, 3.8) is 0 Å². The van der Waals surface area contributed by atoms with Crippen LogP contribution >= 0.6 is 0 Å². The molecule has 8 heteroatoms. The number of benzene rings is 2. The second kappa shape index (κ2) is 8.16. The molecule has 2 fully saturated rings. The molecular weight excluding hydrogens is 477 g/mol. The SMILES string of the molecule is FC(F)(F)c1ccccc1-c1noc(C2CC2)c1C1=CC2(CCN(c3ccc4ccnnc4c3)CC2)C1. The van der Waals surface area contributed by atoms with Crippen LogP contribution in [0.15, 0.2) is 65.3 Å². The molecule has 188 valence electrons. The van der Waals surface area contributed by atoms with Gasteiger partial charge in [-0.25, -0.2) is 0 Å². The van der Waals surface area contributed by atoms with E-state index in [4.69, 9.17) is 4.52 Å². The molecule has 0 radical (unpaired) electrons. The van der Waals surface area contributed by atoms with Crippen LogP contribution in [-0.4, -0.2) is 28.4 Å². The molecule has 3 heterocycles. The number of piperidine rings is 1. The Kier molecular flexibility index (Phi) is 4.97. The van der Waals surface area contributed by atoms with Crippen LogP contribution in [0.1, 0.15) is 54.9 Å². The highest BCUT2D eigenvalue weighted by molar-refractivity contribution is 5.85. The van der Waals surface area contributed by atoms with Crippen molar-refractivity contribution in [1.82, 2.24) is 15.4 Å². The monoisotopic (exact) mass is 502 g/mol. The van der Waals surface area contributed by atoms with Gasteiger partial charge in [0.1, 0.15) is 11.5 Å². The molecule has 3 aliphatic rings. The summed E-state index contributed by atoms with van der Waals surface area (Å²) in [5, 5.41) is 13.5. The highest BCUT2D eigenvalue weighted by Crippen LogP contribution is 2.56. The molecule has 2 aliphatic carbocycles. The number of allylic oxidation sites excluding steroid dienone is 2. The molecule has 5 nitrogen and oxygen atoms in total. The van der Waals surface area contributed by atoms with Gasteiger partial charge in [0.15, 0.2) is 0 Å². The number of aromatic nitrogens is 3. The molecule has 1 saturated carbocycles. The summed E-state index contributed by atoms with van der Waals surface area (Å²) in [4.78, 5) is 2.38. The van der Waals surface area contributed by atoms with Gasteiger partial charge in [0.05, 0.1) is 17.3 Å². The average molecular weight is 503 g/mol. The van der Waals surface area contributed by atoms with Gasteiger partial charge in [-0.3, -0.25) is 0 Å². The molecule has 1 saturated heterocycles. The van der Waals surface area contributed by atoms with Gasteiger partial charge in [-0.15, -0.1) is 0 Å². The number of nitrogens with zero attached hydrogens (tertiary/aromatic N) is 4. The topological polar surface area (TPSA) is 55.1 Å². The van der Waals surface area contributed by atoms with Crippen molar-refractivity contribution < 1.29 is 17.7 Å². The van der Waals surface area contributed by atoms with Crippen LogP contribution in [-0.2, 0) is 6.18 Å². The quantitative estimate of drug-likeness (QED) is 0.294. The van der Waals surface area contributed by atoms with Crippen LogP contribution in [0.3, 0.4) is 0 Å². The average Bonchev–Trinajstić information content (AvgIpc) is 3.65. The lowest BCUT2D eigenvalue weighted by Gasteiger charge is -2.47. The summed E-state index contributed by atoms with van der Waals surface area (Å²) in [6, 6.07) is 13.9. The Morgan fingerprint density at radius 1 is 1.00 bits per heavy atom. The molecule has 0 N–H and O–H groups in total. The van der Waals surface area contributed by atoms with E-state index in [1.54, 1.807) is 12.3 Å². The molecule has 1 aliphatic heterocycles. The maximum Gasteiger partial charge on any atom is 0.417 e. The lowest BCUT2D eigenvalue weighted by atomic mass is 9.63. The number of fused-ring (bicyclic) bond motifs is 1. The van der Waals surface area contributed by atoms with E-state index in [0.717, 1.165) is 84.7 Å². The van der Waals surface area contributed by atoms with E-state index < -0.39 is 11.7 Å². The van der Waals surface area contributed by atoms with Crippen LogP contribution in [0, 0.1) is 5.41 Å². The lowest BCUT2D eigenvalue weighted by molar-refractivity contribution is -0.137. The minimum absolute atomic E-state index is 0.0708. The van der Waals surface area contributed by atoms with Crippen molar-refractivity contribution in [3.8, 4) is 11.3 Å². The largest absolute Gasteiger partial charge is 0.417 e. The van der Waals surface area contributed by atoms with Crippen molar-refractivity contribution in [3.05, 3.63) is 77.7 Å². The van der Waals surface area contributed by atoms with Gasteiger partial charge < -0.3 is 9.42 Å². The molecule has 0 amide bonds. The van der Waals surface area contributed by atoms with E-state index in [9.17, 15) is 13.2 Å². The summed E-state index contributed by atoms with van der Waals surface area (Å²) in [6.45, 7) is 1.83. The zero-order valence-corrected chi connectivity index (χ0v) is 20.1. The Morgan fingerprint density at radius 3 is 2.54 bits per heavy atom. The van der Waals surface area contributed by atoms with Gasteiger partial charge >= 0.3 is 6.18 Å². The second-order valence-corrected chi connectivity index (χ2v) is 10.6. The maximum absolute atomic E-state index is 13.8. The fraction of sp³-hybridized carbons (Fsp3) is 0.345. The summed E-state index contributed by atoms with van der Waals surface area (Å²) < 4.78 is 47.1. The third-order valence-corrected chi connectivity index (χ3v) is 8.12. The number of hydrogen-bond acceptors (Lipinski definition) is 5. The Hall–Kier alpha value is -3.68. The van der Waals surface area contributed by atoms with Crippen molar-refractivity contribution in [2.45, 2.75) is 44.2 Å². The van der Waals surface area contributed by atoms with E-state index in [0.29, 0.717) is 5.69 Å². The molecule has 37 heavy (non-hydrogen) atoms. The minimum atomic E-state index is -4.46. The maximum atomic E-state index is 13.8. The first-order valence-electron chi connectivity index (χ1n) is 12.7. The van der Waals surface area contributed by atoms with Crippen LogP contribution in [0.5, 0.6) is 0 Å². The second-order valence-electron chi connectivity index (χ2n) is 10.6. The number of anilines is 1. The van der Waals surface area contributed by atoms with Crippen LogP contribution < -0.4 is 4.90 Å². The number of halogens is 3. The third kappa shape index (κ3) is 3.90. The van der Waals surface area contributed by atoms with E-state index in [-0.39, 0.29) is 16.9 Å². The van der Waals surface area contributed by atoms with Crippen LogP contribution in [0.4, 0.5) is 18.9 Å². The van der Waals surface area contributed by atoms with Gasteiger partial charge in [-0.05, 0) is 67.4 Å². The summed E-state index contributed by atoms with van der Waals surface area (Å²) in [6.07, 6.45) is 4.34. The predicted octanol–water partition coefficient (Wildman–Crippen LogP) is 7.25. The van der Waals surface area contributed by atoms with Gasteiger partial charge in [0.2, 0.25) is 0 Å². The fourth-order valence-electron chi connectivity index (χ4n) is 5.94. The van der Waals surface area contributed by atoms with Crippen molar-refractivity contribution in [2.75, 3.05) is 18.0 Å². The normalized spacial score (nSPS) is 19.2. The van der Waals surface area contributed by atoms with Crippen molar-refractivity contribution in [1.29, 1.82) is 0 Å². The first-order valence-corrected chi connectivity index (χ1v) is 12.7. The number of alkyl halides is 3. The summed E-state index contributed by atoms with van der Waals surface area (Å²) in [5.74, 6) is 1.01. The Bertz CT molecular complexity index is 1530. The first-order chi connectivity index (χ1) is 17.9. The zero-order chi connectivity index (χ0) is 25.2. The van der Waals surface area contributed by atoms with Gasteiger partial charge in [0.25, 0.3) is 0 Å². The number of rotatable bonds is 4. The fourth-order valence-corrected chi connectivity index (χ4v) is 5.94. The summed E-state index contributed by atoms with van der Waals surface area (Å²) in [5.41, 5.74) is 3.72. The van der Waals surface area contributed by atoms with Crippen LogP contribution in [0.25, 0.3) is 27.7 Å². The molecule has 2 aromatic carbocycles. The molecule has 4 aromatic rings. The molecular formula is C29H25F3N4O. The molecule has 2 aromatic heterocycles. The molecule has 0 bridgehead atoms. The highest BCUT2D eigenvalue weighted by atomic mass is 19.4. The molecule has 0 atom stereocenters. The summed E-state index contributed by atoms with van der Waals surface area (Å²) in [7, 11) is 0. The molecule has 1 spiro atoms. The summed E-state index contributed by atoms with van der Waals surface area (Å²) >= 11 is 0. The van der Waals surface area contributed by atoms with Crippen LogP contribution in [0.2, 0.25) is 0 Å².